The molecule has 1 saturated heterocycles. The second-order valence-electron chi connectivity index (χ2n) is 7.56. The number of nitro groups is 1. The summed E-state index contributed by atoms with van der Waals surface area (Å²) < 4.78 is 12.2. The molecule has 0 aliphatic carbocycles. The fourth-order valence-electron chi connectivity index (χ4n) is 3.42. The van der Waals surface area contributed by atoms with Gasteiger partial charge in [0, 0.05) is 16.6 Å². The first kappa shape index (κ1) is 24.6. The lowest BCUT2D eigenvalue weighted by molar-refractivity contribution is -0.384. The second-order valence-corrected chi connectivity index (χ2v) is 8.47. The maximum absolute atomic E-state index is 13.1. The van der Waals surface area contributed by atoms with Crippen molar-refractivity contribution in [3.05, 3.63) is 98.0 Å². The number of rotatable bonds is 7. The Morgan fingerprint density at radius 3 is 2.33 bits per heavy atom. The fourth-order valence-corrected chi connectivity index (χ4v) is 3.68. The normalized spacial score (nSPS) is 14.6. The summed E-state index contributed by atoms with van der Waals surface area (Å²) in [5.74, 6) is -0.886. The summed E-state index contributed by atoms with van der Waals surface area (Å²) in [6.07, 6.45) is 1.32. The first-order chi connectivity index (χ1) is 17.3. The molecule has 4 rings (SSSR count). The van der Waals surface area contributed by atoms with Gasteiger partial charge in [-0.15, -0.1) is 0 Å². The van der Waals surface area contributed by atoms with Gasteiger partial charge < -0.3 is 9.47 Å². The van der Waals surface area contributed by atoms with Gasteiger partial charge in [0.2, 0.25) is 0 Å². The van der Waals surface area contributed by atoms with Gasteiger partial charge in [0.15, 0.2) is 11.5 Å². The van der Waals surface area contributed by atoms with Crippen LogP contribution in [0.3, 0.4) is 0 Å². The predicted molar refractivity (Wildman–Crippen MR) is 134 cm³/mol. The van der Waals surface area contributed by atoms with Gasteiger partial charge >= 0.3 is 6.03 Å². The number of methoxy groups -OCH3 is 1. The van der Waals surface area contributed by atoms with Gasteiger partial charge in [-0.25, -0.2) is 9.69 Å². The minimum atomic E-state index is -0.953. The Balaban J connectivity index is 1.58. The smallest absolute Gasteiger partial charge is 0.335 e. The van der Waals surface area contributed by atoms with E-state index in [0.717, 1.165) is 27.1 Å². The van der Waals surface area contributed by atoms with E-state index in [4.69, 9.17) is 9.47 Å². The second kappa shape index (κ2) is 10.4. The summed E-state index contributed by atoms with van der Waals surface area (Å²) >= 11 is 3.38. The summed E-state index contributed by atoms with van der Waals surface area (Å²) in [7, 11) is 1.46. The molecule has 1 fully saturated rings. The van der Waals surface area contributed by atoms with Gasteiger partial charge in [0.05, 0.1) is 17.7 Å². The molecule has 0 saturated carbocycles. The van der Waals surface area contributed by atoms with Crippen LogP contribution in [0.1, 0.15) is 11.1 Å². The van der Waals surface area contributed by atoms with Crippen molar-refractivity contribution in [2.24, 2.45) is 0 Å². The van der Waals surface area contributed by atoms with Crippen LogP contribution in [-0.4, -0.2) is 29.9 Å². The molecule has 0 bridgehead atoms. The Hall–Kier alpha value is -4.51. The Morgan fingerprint density at radius 2 is 1.69 bits per heavy atom. The van der Waals surface area contributed by atoms with Crippen molar-refractivity contribution in [1.29, 1.82) is 0 Å². The monoisotopic (exact) mass is 551 g/mol. The first-order valence-electron chi connectivity index (χ1n) is 10.5. The van der Waals surface area contributed by atoms with Crippen LogP contribution in [0.25, 0.3) is 6.08 Å². The van der Waals surface area contributed by atoms with Gasteiger partial charge in [-0.2, -0.15) is 0 Å². The fraction of sp³-hybridized carbons (Fsp3) is 0.0800. The number of amides is 4. The largest absolute Gasteiger partial charge is 0.493 e. The molecule has 3 aromatic rings. The minimum Gasteiger partial charge on any atom is -0.493 e. The summed E-state index contributed by atoms with van der Waals surface area (Å²) in [6, 6.07) is 16.4. The van der Waals surface area contributed by atoms with E-state index in [1.807, 2.05) is 24.3 Å². The van der Waals surface area contributed by atoms with Gasteiger partial charge in [0.25, 0.3) is 17.5 Å². The Morgan fingerprint density at radius 1 is 1.00 bits per heavy atom. The molecule has 36 heavy (non-hydrogen) atoms. The molecule has 0 aromatic heterocycles. The van der Waals surface area contributed by atoms with Crippen molar-refractivity contribution in [2.75, 3.05) is 12.0 Å². The number of barbiturate groups is 1. The molecule has 3 aromatic carbocycles. The molecule has 10 nitrogen and oxygen atoms in total. The van der Waals surface area contributed by atoms with Crippen LogP contribution in [0.2, 0.25) is 0 Å². The van der Waals surface area contributed by atoms with E-state index in [1.54, 1.807) is 18.2 Å². The SMILES string of the molecule is COc1cc(/C=C2\C(=O)NC(=O)N(c3ccc([N+](=O)[O-])cc3)C2=O)ccc1OCc1ccc(Br)cc1. The average molecular weight is 552 g/mol. The molecule has 182 valence electrons. The number of non-ortho nitro benzene ring substituents is 1. The Kier molecular flexibility index (Phi) is 7.11. The summed E-state index contributed by atoms with van der Waals surface area (Å²) in [5.41, 5.74) is 0.991. The number of nitrogens with zero attached hydrogens (tertiary/aromatic N) is 2. The zero-order valence-electron chi connectivity index (χ0n) is 18.8. The molecule has 11 heteroatoms. The molecule has 4 amide bonds. The van der Waals surface area contributed by atoms with Crippen molar-refractivity contribution in [2.45, 2.75) is 6.61 Å². The van der Waals surface area contributed by atoms with Crippen LogP contribution in [0.5, 0.6) is 11.5 Å². The third kappa shape index (κ3) is 5.26. The molecular formula is C25H18BrN3O7. The predicted octanol–water partition coefficient (Wildman–Crippen LogP) is 4.61. The van der Waals surface area contributed by atoms with E-state index in [1.165, 1.54) is 25.3 Å². The van der Waals surface area contributed by atoms with Crippen molar-refractivity contribution >= 4 is 51.2 Å². The lowest BCUT2D eigenvalue weighted by Crippen LogP contribution is -2.54. The maximum atomic E-state index is 13.1. The topological polar surface area (TPSA) is 128 Å². The number of hydrogen-bond acceptors (Lipinski definition) is 7. The van der Waals surface area contributed by atoms with Gasteiger partial charge in [0.1, 0.15) is 12.2 Å². The summed E-state index contributed by atoms with van der Waals surface area (Å²) in [4.78, 5) is 48.9. The quantitative estimate of drug-likeness (QED) is 0.196. The molecule has 0 atom stereocenters. The number of nitrogens with one attached hydrogen (secondary N) is 1. The Bertz CT molecular complexity index is 1390. The van der Waals surface area contributed by atoms with Crippen LogP contribution in [0.15, 0.2) is 76.8 Å². The van der Waals surface area contributed by atoms with Crippen molar-refractivity contribution in [3.63, 3.8) is 0 Å². The number of carbonyl (C=O) groups is 3. The summed E-state index contributed by atoms with van der Waals surface area (Å²) in [6.45, 7) is 0.303. The molecule has 1 heterocycles. The van der Waals surface area contributed by atoms with Crippen LogP contribution >= 0.6 is 15.9 Å². The molecule has 0 radical (unpaired) electrons. The number of ether oxygens (including phenoxy) is 2. The molecule has 0 unspecified atom stereocenters. The van der Waals surface area contributed by atoms with Crippen LogP contribution < -0.4 is 19.7 Å². The number of imide groups is 2. The van der Waals surface area contributed by atoms with E-state index in [2.05, 4.69) is 21.2 Å². The van der Waals surface area contributed by atoms with E-state index < -0.39 is 22.8 Å². The zero-order chi connectivity index (χ0) is 25.8. The highest BCUT2D eigenvalue weighted by Crippen LogP contribution is 2.31. The molecular weight excluding hydrogens is 534 g/mol. The molecule has 0 spiro atoms. The third-order valence-electron chi connectivity index (χ3n) is 5.23. The number of hydrogen-bond donors (Lipinski definition) is 1. The van der Waals surface area contributed by atoms with Crippen LogP contribution in [0, 0.1) is 10.1 Å². The van der Waals surface area contributed by atoms with E-state index >= 15 is 0 Å². The lowest BCUT2D eigenvalue weighted by Gasteiger charge is -2.26. The number of nitro benzene ring substituents is 1. The van der Waals surface area contributed by atoms with Crippen molar-refractivity contribution in [3.8, 4) is 11.5 Å². The highest BCUT2D eigenvalue weighted by Gasteiger charge is 2.37. The van der Waals surface area contributed by atoms with Crippen molar-refractivity contribution < 1.29 is 28.8 Å². The molecule has 1 N–H and O–H groups in total. The number of benzene rings is 3. The average Bonchev–Trinajstić information content (AvgIpc) is 2.86. The Labute approximate surface area is 213 Å². The maximum Gasteiger partial charge on any atom is 0.335 e. The van der Waals surface area contributed by atoms with E-state index in [0.29, 0.717) is 23.7 Å². The van der Waals surface area contributed by atoms with Gasteiger partial charge in [-0.05, 0) is 53.6 Å². The highest BCUT2D eigenvalue weighted by atomic mass is 79.9. The first-order valence-corrected chi connectivity index (χ1v) is 11.3. The highest BCUT2D eigenvalue weighted by molar-refractivity contribution is 9.10. The number of carbonyl (C=O) groups excluding carboxylic acids is 3. The third-order valence-corrected chi connectivity index (χ3v) is 5.76. The number of halogens is 1. The lowest BCUT2D eigenvalue weighted by atomic mass is 10.1. The van der Waals surface area contributed by atoms with Gasteiger partial charge in [-0.3, -0.25) is 25.0 Å². The molecule has 1 aliphatic heterocycles. The summed E-state index contributed by atoms with van der Waals surface area (Å²) in [5, 5.41) is 13.0. The van der Waals surface area contributed by atoms with E-state index in [9.17, 15) is 24.5 Å². The van der Waals surface area contributed by atoms with Crippen molar-refractivity contribution in [1.82, 2.24) is 5.32 Å². The number of urea groups is 1. The standard InChI is InChI=1S/C25H18BrN3O7/c1-35-22-13-16(4-11-21(22)36-14-15-2-5-17(26)6-3-15)12-20-23(30)27-25(32)28(24(20)31)18-7-9-19(10-8-18)29(33)34/h2-13H,14H2,1H3,(H,27,30,32)/b20-12+. The van der Waals surface area contributed by atoms with Crippen LogP contribution in [-0.2, 0) is 16.2 Å². The number of anilines is 1. The van der Waals surface area contributed by atoms with Gasteiger partial charge in [-0.1, -0.05) is 34.1 Å². The zero-order valence-corrected chi connectivity index (χ0v) is 20.4. The van der Waals surface area contributed by atoms with E-state index in [-0.39, 0.29) is 16.9 Å². The molecule has 1 aliphatic rings. The van der Waals surface area contributed by atoms with Crippen LogP contribution in [0.4, 0.5) is 16.2 Å². The minimum absolute atomic E-state index is 0.0794.